The van der Waals surface area contributed by atoms with Crippen molar-refractivity contribution >= 4 is 28.8 Å². The molecule has 0 saturated heterocycles. The molecule has 0 radical (unpaired) electrons. The van der Waals surface area contributed by atoms with Crippen molar-refractivity contribution in [3.63, 3.8) is 0 Å². The molecule has 0 amide bonds. The lowest BCUT2D eigenvalue weighted by atomic mass is 10.6. The monoisotopic (exact) mass is 236 g/mol. The molecule has 0 aromatic carbocycles. The second kappa shape index (κ2) is 5.81. The second-order valence-electron chi connectivity index (χ2n) is 1.25. The highest BCUT2D eigenvalue weighted by atomic mass is 127. The summed E-state index contributed by atoms with van der Waals surface area (Å²) in [6.07, 6.45) is 5.05. The Kier molecular flexibility index (Phi) is 5.60. The van der Waals surface area contributed by atoms with E-state index in [4.69, 9.17) is 0 Å². The molecule has 2 nitrogen and oxygen atoms in total. The largest absolute Gasteiger partial charge is 0.383 e. The third-order valence-electron chi connectivity index (χ3n) is 0.651. The average molecular weight is 236 g/mol. The van der Waals surface area contributed by atoms with Crippen molar-refractivity contribution in [2.24, 2.45) is 4.99 Å². The minimum absolute atomic E-state index is 1.05. The van der Waals surface area contributed by atoms with Crippen LogP contribution in [0, 0.1) is 0 Å². The van der Waals surface area contributed by atoms with Crippen molar-refractivity contribution in [3.8, 4) is 0 Å². The molecular formula is C6H9IN2. The summed E-state index contributed by atoms with van der Waals surface area (Å²) in [6, 6.07) is 0. The van der Waals surface area contributed by atoms with Gasteiger partial charge >= 0.3 is 0 Å². The molecule has 0 unspecified atom stereocenters. The summed E-state index contributed by atoms with van der Waals surface area (Å²) in [5, 5.41) is 2.95. The van der Waals surface area contributed by atoms with Crippen LogP contribution in [0.3, 0.4) is 0 Å². The maximum atomic E-state index is 3.78. The fourth-order valence-corrected chi connectivity index (χ4v) is 0.413. The second-order valence-corrected chi connectivity index (χ2v) is 2.41. The van der Waals surface area contributed by atoms with Gasteiger partial charge in [0.2, 0.25) is 0 Å². The highest BCUT2D eigenvalue weighted by molar-refractivity contribution is 14.1. The Balaban J connectivity index is 3.67. The van der Waals surface area contributed by atoms with Crippen LogP contribution >= 0.6 is 22.6 Å². The Morgan fingerprint density at radius 3 is 2.89 bits per heavy atom. The molecule has 3 heteroatoms. The SMILES string of the molecule is C=C/N=C\C=C(\I)NC. The number of nitrogens with zero attached hydrogens (tertiary/aromatic N) is 1. The Labute approximate surface area is 68.9 Å². The molecule has 9 heavy (non-hydrogen) atoms. The van der Waals surface area contributed by atoms with Crippen LogP contribution in [0.25, 0.3) is 0 Å². The fraction of sp³-hybridized carbons (Fsp3) is 0.167. The molecule has 0 bridgehead atoms. The van der Waals surface area contributed by atoms with Gasteiger partial charge in [-0.15, -0.1) is 0 Å². The number of hydrogen-bond acceptors (Lipinski definition) is 2. The van der Waals surface area contributed by atoms with E-state index < -0.39 is 0 Å². The molecule has 0 spiro atoms. The van der Waals surface area contributed by atoms with Crippen LogP contribution in [0.15, 0.2) is 27.6 Å². The van der Waals surface area contributed by atoms with Gasteiger partial charge in [-0.3, -0.25) is 4.99 Å². The van der Waals surface area contributed by atoms with Crippen molar-refractivity contribution in [2.75, 3.05) is 7.05 Å². The molecule has 0 aliphatic heterocycles. The van der Waals surface area contributed by atoms with Crippen LogP contribution in [-0.2, 0) is 0 Å². The van der Waals surface area contributed by atoms with Gasteiger partial charge in [-0.05, 0) is 28.7 Å². The van der Waals surface area contributed by atoms with E-state index in [0.29, 0.717) is 0 Å². The van der Waals surface area contributed by atoms with Crippen molar-refractivity contribution < 1.29 is 0 Å². The van der Waals surface area contributed by atoms with Gasteiger partial charge in [0.05, 0.1) is 3.70 Å². The predicted molar refractivity (Wildman–Crippen MR) is 49.9 cm³/mol. The number of halogens is 1. The highest BCUT2D eigenvalue weighted by Gasteiger charge is 1.76. The Morgan fingerprint density at radius 2 is 2.44 bits per heavy atom. The average Bonchev–Trinajstić information content (AvgIpc) is 1.89. The molecule has 0 aromatic heterocycles. The van der Waals surface area contributed by atoms with Crippen molar-refractivity contribution in [1.29, 1.82) is 0 Å². The molecular weight excluding hydrogens is 227 g/mol. The highest BCUT2D eigenvalue weighted by Crippen LogP contribution is 1.96. The van der Waals surface area contributed by atoms with Crippen molar-refractivity contribution in [3.05, 3.63) is 22.6 Å². The summed E-state index contributed by atoms with van der Waals surface area (Å²) < 4.78 is 1.05. The normalized spacial score (nSPS) is 12.0. The molecule has 0 rings (SSSR count). The summed E-state index contributed by atoms with van der Waals surface area (Å²) >= 11 is 2.17. The molecule has 0 fully saturated rings. The van der Waals surface area contributed by atoms with Crippen LogP contribution in [0.2, 0.25) is 0 Å². The van der Waals surface area contributed by atoms with E-state index >= 15 is 0 Å². The molecule has 0 aliphatic rings. The number of allylic oxidation sites excluding steroid dienone is 1. The van der Waals surface area contributed by atoms with E-state index in [9.17, 15) is 0 Å². The number of aliphatic imine (C=N–C) groups is 1. The van der Waals surface area contributed by atoms with Crippen LogP contribution in [-0.4, -0.2) is 13.3 Å². The lowest BCUT2D eigenvalue weighted by Gasteiger charge is -1.89. The Bertz CT molecular complexity index is 138. The number of nitrogens with one attached hydrogen (secondary N) is 1. The van der Waals surface area contributed by atoms with Crippen molar-refractivity contribution in [1.82, 2.24) is 5.32 Å². The zero-order valence-electron chi connectivity index (χ0n) is 5.26. The smallest absolute Gasteiger partial charge is 0.0744 e. The van der Waals surface area contributed by atoms with Gasteiger partial charge in [0.25, 0.3) is 0 Å². The lowest BCUT2D eigenvalue weighted by Crippen LogP contribution is -1.97. The summed E-state index contributed by atoms with van der Waals surface area (Å²) in [5.41, 5.74) is 0. The summed E-state index contributed by atoms with van der Waals surface area (Å²) in [7, 11) is 1.86. The van der Waals surface area contributed by atoms with E-state index in [1.165, 1.54) is 6.20 Å². The molecule has 50 valence electrons. The number of hydrogen-bond donors (Lipinski definition) is 1. The maximum absolute atomic E-state index is 3.78. The first kappa shape index (κ1) is 8.68. The van der Waals surface area contributed by atoms with Crippen LogP contribution in [0.5, 0.6) is 0 Å². The van der Waals surface area contributed by atoms with Gasteiger partial charge in [0.15, 0.2) is 0 Å². The first-order valence-electron chi connectivity index (χ1n) is 2.49. The van der Waals surface area contributed by atoms with Gasteiger partial charge in [0, 0.05) is 19.5 Å². The van der Waals surface area contributed by atoms with E-state index in [1.807, 2.05) is 13.1 Å². The molecule has 0 atom stereocenters. The Hall–Kier alpha value is -0.320. The zero-order valence-corrected chi connectivity index (χ0v) is 7.42. The van der Waals surface area contributed by atoms with Gasteiger partial charge in [-0.25, -0.2) is 0 Å². The lowest BCUT2D eigenvalue weighted by molar-refractivity contribution is 1.10. The Morgan fingerprint density at radius 1 is 1.78 bits per heavy atom. The quantitative estimate of drug-likeness (QED) is 0.450. The van der Waals surface area contributed by atoms with Gasteiger partial charge in [-0.2, -0.15) is 0 Å². The van der Waals surface area contributed by atoms with Gasteiger partial charge in [0.1, 0.15) is 0 Å². The summed E-state index contributed by atoms with van der Waals surface area (Å²) in [4.78, 5) is 3.78. The third kappa shape index (κ3) is 5.55. The van der Waals surface area contributed by atoms with Crippen LogP contribution in [0.1, 0.15) is 0 Å². The summed E-state index contributed by atoms with van der Waals surface area (Å²) in [6.45, 7) is 3.43. The minimum atomic E-state index is 1.05. The first-order chi connectivity index (χ1) is 4.31. The molecule has 0 heterocycles. The van der Waals surface area contributed by atoms with Gasteiger partial charge < -0.3 is 5.32 Å². The third-order valence-corrected chi connectivity index (χ3v) is 1.55. The minimum Gasteiger partial charge on any atom is -0.383 e. The predicted octanol–water partition coefficient (Wildman–Crippen LogP) is 1.70. The zero-order chi connectivity index (χ0) is 7.11. The van der Waals surface area contributed by atoms with E-state index in [2.05, 4.69) is 39.5 Å². The molecule has 0 aromatic rings. The first-order valence-corrected chi connectivity index (χ1v) is 3.56. The van der Waals surface area contributed by atoms with E-state index in [-0.39, 0.29) is 0 Å². The van der Waals surface area contributed by atoms with E-state index in [0.717, 1.165) is 3.70 Å². The topological polar surface area (TPSA) is 24.4 Å². The standard InChI is InChI=1S/C6H9IN2/c1-3-9-5-4-6(7)8-2/h3-5,8H,1H2,2H3/b6-4-,9-5-. The maximum Gasteiger partial charge on any atom is 0.0744 e. The number of rotatable bonds is 3. The molecule has 0 saturated carbocycles. The van der Waals surface area contributed by atoms with Gasteiger partial charge in [-0.1, -0.05) is 6.58 Å². The fourth-order valence-electron chi connectivity index (χ4n) is 0.253. The molecule has 1 N–H and O–H groups in total. The van der Waals surface area contributed by atoms with Crippen molar-refractivity contribution in [2.45, 2.75) is 0 Å². The van der Waals surface area contributed by atoms with Crippen LogP contribution in [0.4, 0.5) is 0 Å². The molecule has 0 aliphatic carbocycles. The summed E-state index contributed by atoms with van der Waals surface area (Å²) in [5.74, 6) is 0. The van der Waals surface area contributed by atoms with Crippen LogP contribution < -0.4 is 5.32 Å². The van der Waals surface area contributed by atoms with E-state index in [1.54, 1.807) is 6.21 Å².